The molecular formula is C11H15N3O2S2. The van der Waals surface area contributed by atoms with E-state index in [0.29, 0.717) is 0 Å². The Bertz CT molecular complexity index is 520. The molecule has 18 heavy (non-hydrogen) atoms. The Morgan fingerprint density at radius 1 is 1.56 bits per heavy atom. The zero-order valence-corrected chi connectivity index (χ0v) is 11.9. The van der Waals surface area contributed by atoms with Gasteiger partial charge < -0.3 is 0 Å². The number of hydrogen-bond donors (Lipinski definition) is 1. The number of sulfonamides is 1. The third-order valence-corrected chi connectivity index (χ3v) is 4.49. The molecule has 0 radical (unpaired) electrons. The van der Waals surface area contributed by atoms with Crippen LogP contribution in [0.3, 0.4) is 0 Å². The Labute approximate surface area is 112 Å². The average Bonchev–Trinajstić information content (AvgIpc) is 2.36. The highest BCUT2D eigenvalue weighted by Crippen LogP contribution is 2.10. The zero-order chi connectivity index (χ0) is 13.6. The van der Waals surface area contributed by atoms with Crippen LogP contribution in [0.15, 0.2) is 23.2 Å². The third kappa shape index (κ3) is 4.29. The Morgan fingerprint density at radius 2 is 2.28 bits per heavy atom. The molecule has 1 aromatic rings. The van der Waals surface area contributed by atoms with Crippen molar-refractivity contribution in [3.63, 3.8) is 0 Å². The summed E-state index contributed by atoms with van der Waals surface area (Å²) < 4.78 is 26.5. The fraction of sp³-hybridized carbons (Fsp3) is 0.455. The van der Waals surface area contributed by atoms with Crippen molar-refractivity contribution in [2.24, 2.45) is 0 Å². The predicted molar refractivity (Wildman–Crippen MR) is 71.7 cm³/mol. The van der Waals surface area contributed by atoms with Gasteiger partial charge >= 0.3 is 0 Å². The second kappa shape index (κ2) is 6.73. The third-order valence-electron chi connectivity index (χ3n) is 2.27. The van der Waals surface area contributed by atoms with E-state index in [4.69, 9.17) is 5.26 Å². The monoisotopic (exact) mass is 285 g/mol. The van der Waals surface area contributed by atoms with Crippen molar-refractivity contribution in [3.05, 3.63) is 24.0 Å². The van der Waals surface area contributed by atoms with Crippen molar-refractivity contribution in [2.45, 2.75) is 24.3 Å². The molecule has 0 bridgehead atoms. The molecule has 7 heteroatoms. The summed E-state index contributed by atoms with van der Waals surface area (Å²) in [7, 11) is -3.55. The molecule has 1 atom stereocenters. The number of nitrogens with zero attached hydrogens (tertiary/aromatic N) is 2. The first-order valence-electron chi connectivity index (χ1n) is 5.37. The van der Waals surface area contributed by atoms with E-state index in [1.165, 1.54) is 18.3 Å². The average molecular weight is 285 g/mol. The SMILES string of the molecule is CSCCC(C)NS(=O)(=O)c1ccc(C#N)nc1. The van der Waals surface area contributed by atoms with E-state index in [1.807, 2.05) is 19.2 Å². The number of aromatic nitrogens is 1. The van der Waals surface area contributed by atoms with E-state index in [-0.39, 0.29) is 16.6 Å². The summed E-state index contributed by atoms with van der Waals surface area (Å²) in [5, 5.41) is 8.59. The molecule has 1 unspecified atom stereocenters. The Kier molecular flexibility index (Phi) is 5.59. The van der Waals surface area contributed by atoms with E-state index in [0.717, 1.165) is 12.2 Å². The lowest BCUT2D eigenvalue weighted by molar-refractivity contribution is 0.556. The van der Waals surface area contributed by atoms with Crippen molar-refractivity contribution < 1.29 is 8.42 Å². The van der Waals surface area contributed by atoms with Gasteiger partial charge in [-0.25, -0.2) is 18.1 Å². The summed E-state index contributed by atoms with van der Waals surface area (Å²) in [6, 6.07) is 4.49. The largest absolute Gasteiger partial charge is 0.244 e. The van der Waals surface area contributed by atoms with E-state index in [1.54, 1.807) is 11.8 Å². The molecule has 1 rings (SSSR count). The van der Waals surface area contributed by atoms with E-state index >= 15 is 0 Å². The molecule has 1 heterocycles. The molecule has 98 valence electrons. The van der Waals surface area contributed by atoms with Gasteiger partial charge in [0.2, 0.25) is 10.0 Å². The Hall–Kier alpha value is -1.10. The highest BCUT2D eigenvalue weighted by Gasteiger charge is 2.17. The molecule has 0 saturated heterocycles. The van der Waals surface area contributed by atoms with Crippen LogP contribution in [0.2, 0.25) is 0 Å². The molecule has 0 aliphatic carbocycles. The van der Waals surface area contributed by atoms with Gasteiger partial charge in [-0.1, -0.05) is 0 Å². The summed E-state index contributed by atoms with van der Waals surface area (Å²) in [5.41, 5.74) is 0.199. The quantitative estimate of drug-likeness (QED) is 0.853. The molecule has 0 amide bonds. The summed E-state index contributed by atoms with van der Waals surface area (Å²) in [6.07, 6.45) is 3.94. The molecule has 0 spiro atoms. The number of nitriles is 1. The van der Waals surface area contributed by atoms with Gasteiger partial charge in [-0.05, 0) is 37.5 Å². The van der Waals surface area contributed by atoms with Crippen LogP contribution < -0.4 is 4.72 Å². The number of thioether (sulfide) groups is 1. The minimum absolute atomic E-state index is 0.0810. The maximum absolute atomic E-state index is 12.0. The molecule has 0 aliphatic heterocycles. The van der Waals surface area contributed by atoms with Crippen molar-refractivity contribution >= 4 is 21.8 Å². The predicted octanol–water partition coefficient (Wildman–Crippen LogP) is 1.37. The number of pyridine rings is 1. The normalized spacial score (nSPS) is 12.9. The van der Waals surface area contributed by atoms with E-state index in [2.05, 4.69) is 9.71 Å². The van der Waals surface area contributed by atoms with E-state index < -0.39 is 10.0 Å². The molecule has 5 nitrogen and oxygen atoms in total. The lowest BCUT2D eigenvalue weighted by Gasteiger charge is -2.13. The van der Waals surface area contributed by atoms with E-state index in [9.17, 15) is 8.42 Å². The highest BCUT2D eigenvalue weighted by atomic mass is 32.2. The van der Waals surface area contributed by atoms with Gasteiger partial charge in [-0.2, -0.15) is 17.0 Å². The first-order valence-corrected chi connectivity index (χ1v) is 8.24. The molecular weight excluding hydrogens is 270 g/mol. The van der Waals surface area contributed by atoms with Crippen LogP contribution >= 0.6 is 11.8 Å². The van der Waals surface area contributed by atoms with Gasteiger partial charge in [0, 0.05) is 12.2 Å². The highest BCUT2D eigenvalue weighted by molar-refractivity contribution is 7.98. The van der Waals surface area contributed by atoms with Crippen LogP contribution in [-0.4, -0.2) is 31.5 Å². The van der Waals surface area contributed by atoms with Crippen molar-refractivity contribution in [2.75, 3.05) is 12.0 Å². The Morgan fingerprint density at radius 3 is 2.78 bits per heavy atom. The fourth-order valence-electron chi connectivity index (χ4n) is 1.29. The Balaban J connectivity index is 2.76. The van der Waals surface area contributed by atoms with Gasteiger partial charge in [-0.3, -0.25) is 0 Å². The van der Waals surface area contributed by atoms with Crippen LogP contribution in [0.1, 0.15) is 19.0 Å². The van der Waals surface area contributed by atoms with Crippen LogP contribution in [0.25, 0.3) is 0 Å². The topological polar surface area (TPSA) is 82.9 Å². The van der Waals surface area contributed by atoms with Crippen molar-refractivity contribution in [3.8, 4) is 6.07 Å². The lowest BCUT2D eigenvalue weighted by Crippen LogP contribution is -2.33. The van der Waals surface area contributed by atoms with Gasteiger partial charge in [0.25, 0.3) is 0 Å². The summed E-state index contributed by atoms with van der Waals surface area (Å²) in [4.78, 5) is 3.83. The van der Waals surface area contributed by atoms with Crippen LogP contribution in [-0.2, 0) is 10.0 Å². The fourth-order valence-corrected chi connectivity index (χ4v) is 3.10. The smallest absolute Gasteiger partial charge is 0.242 e. The first kappa shape index (κ1) is 15.0. The van der Waals surface area contributed by atoms with Gasteiger partial charge in [-0.15, -0.1) is 0 Å². The summed E-state index contributed by atoms with van der Waals surface area (Å²) >= 11 is 1.67. The molecule has 0 saturated carbocycles. The van der Waals surface area contributed by atoms with Crippen LogP contribution in [0, 0.1) is 11.3 Å². The lowest BCUT2D eigenvalue weighted by atomic mass is 10.3. The van der Waals surface area contributed by atoms with Crippen LogP contribution in [0.5, 0.6) is 0 Å². The summed E-state index contributed by atoms with van der Waals surface area (Å²) in [5.74, 6) is 0.898. The van der Waals surface area contributed by atoms with Crippen molar-refractivity contribution in [1.82, 2.24) is 9.71 Å². The molecule has 1 aromatic heterocycles. The maximum atomic E-state index is 12.0. The second-order valence-corrected chi connectivity index (χ2v) is 6.49. The standard InChI is InChI=1S/C11H15N3O2S2/c1-9(5-6-17-2)14-18(15,16)11-4-3-10(7-12)13-8-11/h3-4,8-9,14H,5-6H2,1-2H3. The van der Waals surface area contributed by atoms with Crippen LogP contribution in [0.4, 0.5) is 0 Å². The molecule has 0 fully saturated rings. The van der Waals surface area contributed by atoms with Gasteiger partial charge in [0.1, 0.15) is 16.7 Å². The number of hydrogen-bond acceptors (Lipinski definition) is 5. The maximum Gasteiger partial charge on any atom is 0.242 e. The molecule has 1 N–H and O–H groups in total. The zero-order valence-electron chi connectivity index (χ0n) is 10.3. The second-order valence-electron chi connectivity index (χ2n) is 3.79. The molecule has 0 aromatic carbocycles. The first-order chi connectivity index (χ1) is 8.49. The summed E-state index contributed by atoms with van der Waals surface area (Å²) in [6.45, 7) is 1.82. The van der Waals surface area contributed by atoms with Gasteiger partial charge in [0.15, 0.2) is 0 Å². The van der Waals surface area contributed by atoms with Crippen molar-refractivity contribution in [1.29, 1.82) is 5.26 Å². The number of nitrogens with one attached hydrogen (secondary N) is 1. The minimum Gasteiger partial charge on any atom is -0.244 e. The van der Waals surface area contributed by atoms with Gasteiger partial charge in [0.05, 0.1) is 0 Å². The molecule has 0 aliphatic rings. The number of rotatable bonds is 6. The minimum atomic E-state index is -3.55.